The molecule has 0 saturated carbocycles. The second-order valence-electron chi connectivity index (χ2n) is 6.26. The zero-order valence-electron chi connectivity index (χ0n) is 16.0. The van der Waals surface area contributed by atoms with Gasteiger partial charge < -0.3 is 14.3 Å². The minimum Gasteiger partial charge on any atom is -0.465 e. The number of thiazole rings is 1. The Hall–Kier alpha value is -3.20. The first-order chi connectivity index (χ1) is 13.3. The second kappa shape index (κ2) is 7.81. The number of rotatable bonds is 5. The van der Waals surface area contributed by atoms with Crippen LogP contribution in [0, 0.1) is 6.92 Å². The predicted molar refractivity (Wildman–Crippen MR) is 105 cm³/mol. The Morgan fingerprint density at radius 2 is 2.00 bits per heavy atom. The number of methoxy groups -OCH3 is 1. The number of nitrogens with zero attached hydrogens (tertiary/aromatic N) is 2. The molecule has 28 heavy (non-hydrogen) atoms. The molecule has 0 atom stereocenters. The number of aromatic amines is 1. The number of esters is 1. The number of hydrogen-bond donors (Lipinski definition) is 2. The Labute approximate surface area is 164 Å². The largest absolute Gasteiger partial charge is 0.465 e. The van der Waals surface area contributed by atoms with E-state index >= 15 is 0 Å². The molecule has 0 unspecified atom stereocenters. The van der Waals surface area contributed by atoms with Crippen molar-refractivity contribution in [3.8, 4) is 0 Å². The van der Waals surface area contributed by atoms with Gasteiger partial charge in [0.15, 0.2) is 5.78 Å². The molecule has 9 heteroatoms. The van der Waals surface area contributed by atoms with Gasteiger partial charge in [0.25, 0.3) is 0 Å². The number of ketones is 1. The topological polar surface area (TPSA) is 106 Å². The summed E-state index contributed by atoms with van der Waals surface area (Å²) < 4.78 is 7.72. The zero-order valence-corrected chi connectivity index (χ0v) is 16.8. The summed E-state index contributed by atoms with van der Waals surface area (Å²) in [6, 6.07) is 7.83. The average molecular weight is 400 g/mol. The summed E-state index contributed by atoms with van der Waals surface area (Å²) in [6.07, 6.45) is -0.142. The van der Waals surface area contributed by atoms with Crippen LogP contribution in [0.15, 0.2) is 29.4 Å². The number of carbonyl (C=O) groups excluding carboxylic acids is 3. The normalized spacial score (nSPS) is 11.6. The van der Waals surface area contributed by atoms with Gasteiger partial charge in [-0.3, -0.25) is 9.59 Å². The van der Waals surface area contributed by atoms with Gasteiger partial charge in [-0.15, -0.1) is 5.10 Å². The van der Waals surface area contributed by atoms with Gasteiger partial charge in [0.2, 0.25) is 10.7 Å². The lowest BCUT2D eigenvalue weighted by Crippen LogP contribution is -2.25. The lowest BCUT2D eigenvalue weighted by molar-refractivity contribution is -0.120. The van der Waals surface area contributed by atoms with Crippen molar-refractivity contribution in [2.45, 2.75) is 20.3 Å². The second-order valence-corrected chi connectivity index (χ2v) is 7.27. The van der Waals surface area contributed by atoms with Crippen molar-refractivity contribution in [1.82, 2.24) is 15.0 Å². The summed E-state index contributed by atoms with van der Waals surface area (Å²) in [6.45, 7) is 3.03. The maximum Gasteiger partial charge on any atom is 0.339 e. The molecule has 0 aliphatic rings. The van der Waals surface area contributed by atoms with Gasteiger partial charge in [-0.1, -0.05) is 23.5 Å². The minimum atomic E-state index is -0.600. The van der Waals surface area contributed by atoms with Gasteiger partial charge in [0.1, 0.15) is 0 Å². The SMILES string of the molecule is COC(=O)c1c(CC(=O)N/N=c2/sc3ccccc3n2C)[nH]c(C(C)=O)c1C. The summed E-state index contributed by atoms with van der Waals surface area (Å²) in [5, 5.41) is 4.18. The first-order valence-corrected chi connectivity index (χ1v) is 9.33. The Morgan fingerprint density at radius 1 is 1.29 bits per heavy atom. The summed E-state index contributed by atoms with van der Waals surface area (Å²) in [5.74, 6) is -1.24. The highest BCUT2D eigenvalue weighted by Gasteiger charge is 2.24. The zero-order chi connectivity index (χ0) is 20.4. The van der Waals surface area contributed by atoms with Crippen LogP contribution >= 0.6 is 11.3 Å². The lowest BCUT2D eigenvalue weighted by atomic mass is 10.1. The molecule has 0 bridgehead atoms. The predicted octanol–water partition coefficient (Wildman–Crippen LogP) is 2.04. The van der Waals surface area contributed by atoms with Gasteiger partial charge in [-0.2, -0.15) is 0 Å². The van der Waals surface area contributed by atoms with Crippen molar-refractivity contribution in [2.75, 3.05) is 7.11 Å². The number of nitrogens with one attached hydrogen (secondary N) is 2. The molecule has 0 spiro atoms. The van der Waals surface area contributed by atoms with E-state index in [1.807, 2.05) is 35.9 Å². The van der Waals surface area contributed by atoms with E-state index < -0.39 is 11.9 Å². The maximum absolute atomic E-state index is 12.4. The number of para-hydroxylation sites is 1. The molecule has 3 rings (SSSR count). The van der Waals surface area contributed by atoms with Gasteiger partial charge in [0, 0.05) is 19.7 Å². The number of Topliss-reactive ketones (excluding diaryl/α,β-unsaturated/α-hetero) is 1. The minimum absolute atomic E-state index is 0.142. The van der Waals surface area contributed by atoms with Crippen LogP contribution in [-0.4, -0.2) is 34.3 Å². The summed E-state index contributed by atoms with van der Waals surface area (Å²) in [7, 11) is 3.12. The van der Waals surface area contributed by atoms with Crippen LogP contribution in [0.25, 0.3) is 10.2 Å². The number of aromatic nitrogens is 2. The van der Waals surface area contributed by atoms with Crippen molar-refractivity contribution in [1.29, 1.82) is 0 Å². The number of fused-ring (bicyclic) bond motifs is 1. The van der Waals surface area contributed by atoms with E-state index in [9.17, 15) is 14.4 Å². The number of H-pyrrole nitrogens is 1. The molecule has 2 N–H and O–H groups in total. The molecule has 0 saturated heterocycles. The number of carbonyl (C=O) groups is 3. The first kappa shape index (κ1) is 19.6. The van der Waals surface area contributed by atoms with E-state index in [4.69, 9.17) is 4.74 Å². The molecule has 1 amide bonds. The van der Waals surface area contributed by atoms with Crippen molar-refractivity contribution in [3.05, 3.63) is 51.6 Å². The smallest absolute Gasteiger partial charge is 0.339 e. The van der Waals surface area contributed by atoms with Crippen LogP contribution in [0.4, 0.5) is 0 Å². The molecule has 1 aromatic carbocycles. The van der Waals surface area contributed by atoms with Crippen LogP contribution in [0.2, 0.25) is 0 Å². The van der Waals surface area contributed by atoms with Gasteiger partial charge in [0.05, 0.1) is 35.0 Å². The van der Waals surface area contributed by atoms with Crippen LogP contribution in [0.3, 0.4) is 0 Å². The van der Waals surface area contributed by atoms with Gasteiger partial charge >= 0.3 is 5.97 Å². The fourth-order valence-electron chi connectivity index (χ4n) is 3.02. The third kappa shape index (κ3) is 3.61. The fraction of sp³-hybridized carbons (Fsp3) is 0.263. The molecule has 8 nitrogen and oxygen atoms in total. The van der Waals surface area contributed by atoms with Crippen LogP contribution in [0.1, 0.15) is 39.0 Å². The Kier molecular flexibility index (Phi) is 5.46. The van der Waals surface area contributed by atoms with Crippen LogP contribution in [0.5, 0.6) is 0 Å². The number of ether oxygens (including phenoxy) is 1. The number of amides is 1. The maximum atomic E-state index is 12.4. The third-order valence-electron chi connectivity index (χ3n) is 4.40. The quantitative estimate of drug-likeness (QED) is 0.388. The van der Waals surface area contributed by atoms with E-state index in [0.29, 0.717) is 16.1 Å². The molecule has 2 heterocycles. The Bertz CT molecular complexity index is 1150. The highest BCUT2D eigenvalue weighted by molar-refractivity contribution is 7.16. The molecular formula is C19H20N4O4S. The summed E-state index contributed by atoms with van der Waals surface area (Å²) >= 11 is 1.45. The average Bonchev–Trinajstić information content (AvgIpc) is 3.17. The monoisotopic (exact) mass is 400 g/mol. The molecular weight excluding hydrogens is 380 g/mol. The molecule has 0 aliphatic heterocycles. The summed E-state index contributed by atoms with van der Waals surface area (Å²) in [4.78, 5) is 39.7. The fourth-order valence-corrected chi connectivity index (χ4v) is 4.00. The lowest BCUT2D eigenvalue weighted by Gasteiger charge is -2.03. The van der Waals surface area contributed by atoms with Crippen molar-refractivity contribution in [2.24, 2.45) is 12.1 Å². The van der Waals surface area contributed by atoms with Gasteiger partial charge in [-0.05, 0) is 24.6 Å². The van der Waals surface area contributed by atoms with Crippen LogP contribution < -0.4 is 10.2 Å². The molecule has 0 fully saturated rings. The molecule has 2 aromatic heterocycles. The molecule has 146 valence electrons. The standard InChI is InChI=1S/C19H20N4O4S/c1-10-16(18(26)27-4)12(20-17(10)11(2)24)9-15(25)21-22-19-23(3)13-7-5-6-8-14(13)28-19/h5-8,20H,9H2,1-4H3,(H,21,25)/b22-19+. The third-order valence-corrected chi connectivity index (χ3v) is 5.51. The molecule has 0 radical (unpaired) electrons. The van der Waals surface area contributed by atoms with E-state index in [-0.39, 0.29) is 23.5 Å². The van der Waals surface area contributed by atoms with E-state index in [2.05, 4.69) is 15.5 Å². The highest BCUT2D eigenvalue weighted by Crippen LogP contribution is 2.20. The van der Waals surface area contributed by atoms with E-state index in [1.165, 1.54) is 25.4 Å². The molecule has 3 aromatic rings. The summed E-state index contributed by atoms with van der Waals surface area (Å²) in [5.41, 5.74) is 4.81. The number of hydrogen-bond acceptors (Lipinski definition) is 6. The first-order valence-electron chi connectivity index (χ1n) is 8.51. The van der Waals surface area contributed by atoms with E-state index in [0.717, 1.165) is 10.2 Å². The van der Waals surface area contributed by atoms with E-state index in [1.54, 1.807) is 6.92 Å². The van der Waals surface area contributed by atoms with Gasteiger partial charge in [-0.25, -0.2) is 10.2 Å². The highest BCUT2D eigenvalue weighted by atomic mass is 32.1. The molecule has 0 aliphatic carbocycles. The van der Waals surface area contributed by atoms with Crippen molar-refractivity contribution >= 4 is 39.2 Å². The van der Waals surface area contributed by atoms with Crippen LogP contribution in [-0.2, 0) is 23.0 Å². The number of benzene rings is 1. The Balaban J connectivity index is 1.87. The van der Waals surface area contributed by atoms with Crippen molar-refractivity contribution < 1.29 is 19.1 Å². The Morgan fingerprint density at radius 3 is 2.64 bits per heavy atom. The number of aryl methyl sites for hydroxylation is 1. The van der Waals surface area contributed by atoms with Crippen molar-refractivity contribution in [3.63, 3.8) is 0 Å².